The van der Waals surface area contributed by atoms with Gasteiger partial charge in [-0.2, -0.15) is 0 Å². The van der Waals surface area contributed by atoms with Crippen LogP contribution in [0.4, 0.5) is 0 Å². The number of aliphatic carboxylic acids is 1. The summed E-state index contributed by atoms with van der Waals surface area (Å²) in [6, 6.07) is 3.99. The molecule has 1 aromatic heterocycles. The van der Waals surface area contributed by atoms with Crippen molar-refractivity contribution in [2.24, 2.45) is 5.92 Å². The summed E-state index contributed by atoms with van der Waals surface area (Å²) in [6.07, 6.45) is 2.17. The Bertz CT molecular complexity index is 358. The Morgan fingerprint density at radius 2 is 2.53 bits per heavy atom. The number of rotatable bonds is 3. The van der Waals surface area contributed by atoms with Gasteiger partial charge in [-0.05, 0) is 25.5 Å². The summed E-state index contributed by atoms with van der Waals surface area (Å²) < 4.78 is 7.28. The number of carboxylic acid groups (broad SMARTS) is 1. The molecule has 4 nitrogen and oxygen atoms in total. The van der Waals surface area contributed by atoms with Crippen molar-refractivity contribution in [3.8, 4) is 0 Å². The zero-order valence-electron chi connectivity index (χ0n) is 8.72. The first-order valence-corrected chi connectivity index (χ1v) is 5.14. The molecule has 0 saturated carbocycles. The van der Waals surface area contributed by atoms with Gasteiger partial charge in [0.05, 0.1) is 0 Å². The molecule has 1 saturated heterocycles. The van der Waals surface area contributed by atoms with Crippen molar-refractivity contribution in [1.82, 2.24) is 4.57 Å². The van der Waals surface area contributed by atoms with Crippen LogP contribution in [-0.2, 0) is 16.1 Å². The highest BCUT2D eigenvalue weighted by molar-refractivity contribution is 5.73. The summed E-state index contributed by atoms with van der Waals surface area (Å²) in [5.41, 5.74) is 1.16. The lowest BCUT2D eigenvalue weighted by Crippen LogP contribution is -2.29. The van der Waals surface area contributed by atoms with E-state index in [2.05, 4.69) is 4.57 Å². The lowest BCUT2D eigenvalue weighted by Gasteiger charge is -2.16. The third-order valence-electron chi connectivity index (χ3n) is 2.95. The molecule has 2 rings (SSSR count). The Hall–Kier alpha value is -1.29. The number of aryl methyl sites for hydroxylation is 1. The summed E-state index contributed by atoms with van der Waals surface area (Å²) in [4.78, 5) is 10.9. The van der Waals surface area contributed by atoms with Gasteiger partial charge in [0, 0.05) is 31.0 Å². The van der Waals surface area contributed by atoms with Gasteiger partial charge >= 0.3 is 5.97 Å². The SMILES string of the molecule is Cc1cccn1CC1CCOC1C(=O)O. The summed E-state index contributed by atoms with van der Waals surface area (Å²) in [5.74, 6) is -0.754. The van der Waals surface area contributed by atoms with E-state index in [0.717, 1.165) is 18.7 Å². The molecular formula is C11H15NO3. The van der Waals surface area contributed by atoms with E-state index in [0.29, 0.717) is 6.61 Å². The fourth-order valence-electron chi connectivity index (χ4n) is 2.05. The maximum atomic E-state index is 10.9. The van der Waals surface area contributed by atoms with E-state index in [1.807, 2.05) is 25.3 Å². The number of hydrogen-bond donors (Lipinski definition) is 1. The Morgan fingerprint density at radius 3 is 3.13 bits per heavy atom. The predicted molar refractivity (Wildman–Crippen MR) is 54.7 cm³/mol. The van der Waals surface area contributed by atoms with Crippen molar-refractivity contribution >= 4 is 5.97 Å². The maximum absolute atomic E-state index is 10.9. The third kappa shape index (κ3) is 2.04. The third-order valence-corrected chi connectivity index (χ3v) is 2.95. The molecule has 1 aliphatic rings. The number of hydrogen-bond acceptors (Lipinski definition) is 2. The van der Waals surface area contributed by atoms with Crippen molar-refractivity contribution in [3.63, 3.8) is 0 Å². The second-order valence-corrected chi connectivity index (χ2v) is 3.98. The largest absolute Gasteiger partial charge is 0.479 e. The predicted octanol–water partition coefficient (Wildman–Crippen LogP) is 1.29. The molecule has 1 N–H and O–H groups in total. The number of nitrogens with zero attached hydrogens (tertiary/aromatic N) is 1. The zero-order valence-corrected chi connectivity index (χ0v) is 8.72. The summed E-state index contributed by atoms with van der Waals surface area (Å²) in [6.45, 7) is 3.31. The van der Waals surface area contributed by atoms with Crippen LogP contribution >= 0.6 is 0 Å². The van der Waals surface area contributed by atoms with Crippen molar-refractivity contribution < 1.29 is 14.6 Å². The second-order valence-electron chi connectivity index (χ2n) is 3.98. The first kappa shape index (κ1) is 10.2. The van der Waals surface area contributed by atoms with Crippen LogP contribution < -0.4 is 0 Å². The average molecular weight is 209 g/mol. The normalized spacial score (nSPS) is 25.7. The smallest absolute Gasteiger partial charge is 0.333 e. The Balaban J connectivity index is 2.06. The number of aromatic nitrogens is 1. The van der Waals surface area contributed by atoms with Crippen LogP contribution in [0.3, 0.4) is 0 Å². The quantitative estimate of drug-likeness (QED) is 0.816. The van der Waals surface area contributed by atoms with Gasteiger partial charge in [-0.15, -0.1) is 0 Å². The van der Waals surface area contributed by atoms with E-state index in [9.17, 15) is 4.79 Å². The van der Waals surface area contributed by atoms with Crippen LogP contribution in [0.2, 0.25) is 0 Å². The summed E-state index contributed by atoms with van der Waals surface area (Å²) >= 11 is 0. The lowest BCUT2D eigenvalue weighted by molar-refractivity contribution is -0.149. The molecule has 0 radical (unpaired) electrons. The van der Waals surface area contributed by atoms with Crippen LogP contribution in [-0.4, -0.2) is 28.4 Å². The molecule has 0 aliphatic carbocycles. The maximum Gasteiger partial charge on any atom is 0.333 e. The van der Waals surface area contributed by atoms with E-state index in [-0.39, 0.29) is 5.92 Å². The van der Waals surface area contributed by atoms with Gasteiger partial charge in [-0.25, -0.2) is 4.79 Å². The Labute approximate surface area is 88.5 Å². The molecule has 2 unspecified atom stereocenters. The van der Waals surface area contributed by atoms with Gasteiger partial charge in [0.15, 0.2) is 6.10 Å². The molecule has 1 aliphatic heterocycles. The molecule has 1 fully saturated rings. The van der Waals surface area contributed by atoms with Crippen LogP contribution in [0.15, 0.2) is 18.3 Å². The number of carbonyl (C=O) groups is 1. The number of carboxylic acids is 1. The summed E-state index contributed by atoms with van der Waals surface area (Å²) in [5, 5.41) is 8.95. The molecule has 2 atom stereocenters. The van der Waals surface area contributed by atoms with E-state index in [1.54, 1.807) is 0 Å². The zero-order chi connectivity index (χ0) is 10.8. The molecule has 2 heterocycles. The number of ether oxygens (including phenoxy) is 1. The summed E-state index contributed by atoms with van der Waals surface area (Å²) in [7, 11) is 0. The van der Waals surface area contributed by atoms with E-state index >= 15 is 0 Å². The van der Waals surface area contributed by atoms with Crippen LogP contribution in [0.5, 0.6) is 0 Å². The minimum Gasteiger partial charge on any atom is -0.479 e. The molecule has 15 heavy (non-hydrogen) atoms. The monoisotopic (exact) mass is 209 g/mol. The molecule has 0 spiro atoms. The molecular weight excluding hydrogens is 194 g/mol. The van der Waals surface area contributed by atoms with Gasteiger partial charge in [-0.1, -0.05) is 0 Å². The Kier molecular flexibility index (Phi) is 2.77. The molecule has 0 aromatic carbocycles. The minimum atomic E-state index is -0.845. The van der Waals surface area contributed by atoms with Crippen molar-refractivity contribution in [2.75, 3.05) is 6.61 Å². The van der Waals surface area contributed by atoms with Crippen LogP contribution in [0.1, 0.15) is 12.1 Å². The molecule has 0 bridgehead atoms. The molecule has 1 aromatic rings. The average Bonchev–Trinajstić information content (AvgIpc) is 2.77. The fourth-order valence-corrected chi connectivity index (χ4v) is 2.05. The molecule has 0 amide bonds. The van der Waals surface area contributed by atoms with Gasteiger partial charge in [0.25, 0.3) is 0 Å². The fraction of sp³-hybridized carbons (Fsp3) is 0.545. The van der Waals surface area contributed by atoms with Crippen molar-refractivity contribution in [1.29, 1.82) is 0 Å². The van der Waals surface area contributed by atoms with Gasteiger partial charge in [0.1, 0.15) is 0 Å². The minimum absolute atomic E-state index is 0.0913. The highest BCUT2D eigenvalue weighted by Gasteiger charge is 2.34. The Morgan fingerprint density at radius 1 is 1.73 bits per heavy atom. The first-order chi connectivity index (χ1) is 7.18. The van der Waals surface area contributed by atoms with Gasteiger partial charge in [-0.3, -0.25) is 0 Å². The second kappa shape index (κ2) is 4.06. The van der Waals surface area contributed by atoms with Crippen molar-refractivity contribution in [2.45, 2.75) is 26.0 Å². The molecule has 82 valence electrons. The highest BCUT2D eigenvalue weighted by Crippen LogP contribution is 2.23. The van der Waals surface area contributed by atoms with Gasteiger partial charge < -0.3 is 14.4 Å². The first-order valence-electron chi connectivity index (χ1n) is 5.14. The van der Waals surface area contributed by atoms with E-state index < -0.39 is 12.1 Å². The van der Waals surface area contributed by atoms with Crippen molar-refractivity contribution in [3.05, 3.63) is 24.0 Å². The van der Waals surface area contributed by atoms with E-state index in [1.165, 1.54) is 0 Å². The van der Waals surface area contributed by atoms with Crippen LogP contribution in [0.25, 0.3) is 0 Å². The highest BCUT2D eigenvalue weighted by atomic mass is 16.5. The lowest BCUT2D eigenvalue weighted by atomic mass is 10.0. The molecule has 4 heteroatoms. The topological polar surface area (TPSA) is 51.5 Å². The van der Waals surface area contributed by atoms with Gasteiger partial charge in [0.2, 0.25) is 0 Å². The standard InChI is InChI=1S/C11H15NO3/c1-8-3-2-5-12(8)7-9-4-6-15-10(9)11(13)14/h2-3,5,9-10H,4,6-7H2,1H3,(H,13,14). The van der Waals surface area contributed by atoms with E-state index in [4.69, 9.17) is 9.84 Å². The van der Waals surface area contributed by atoms with Crippen LogP contribution in [0, 0.1) is 12.8 Å².